The summed E-state index contributed by atoms with van der Waals surface area (Å²) in [5.41, 5.74) is 3.71. The second-order valence-corrected chi connectivity index (χ2v) is 5.50. The van der Waals surface area contributed by atoms with E-state index in [4.69, 9.17) is 0 Å². The lowest BCUT2D eigenvalue weighted by Gasteiger charge is -2.18. The van der Waals surface area contributed by atoms with Crippen LogP contribution in [-0.2, 0) is 6.42 Å². The van der Waals surface area contributed by atoms with Gasteiger partial charge in [-0.2, -0.15) is 0 Å². The summed E-state index contributed by atoms with van der Waals surface area (Å²) in [6, 6.07) is 27.5. The third-order valence-electron chi connectivity index (χ3n) is 3.99. The predicted octanol–water partition coefficient (Wildman–Crippen LogP) is 4.97. The van der Waals surface area contributed by atoms with E-state index in [2.05, 4.69) is 24.3 Å². The van der Waals surface area contributed by atoms with E-state index < -0.39 is 0 Å². The molecule has 0 unspecified atom stereocenters. The molecule has 0 amide bonds. The zero-order valence-electron chi connectivity index (χ0n) is 12.6. The number of hydrogen-bond donors (Lipinski definition) is 0. The number of nitrogens with zero attached hydrogens (tertiary/aromatic N) is 1. The number of nitro groups is 1. The van der Waals surface area contributed by atoms with E-state index in [1.54, 1.807) is 12.1 Å². The standard InChI is InChI=1S/C20H17NO2/c22-21(23)19-13-11-16(12-14-19)15-20(17-7-3-1-4-8-17)18-9-5-2-6-10-18/h1-14,20H,15H2. The van der Waals surface area contributed by atoms with E-state index in [0.717, 1.165) is 12.0 Å². The van der Waals surface area contributed by atoms with Crippen molar-refractivity contribution in [1.82, 2.24) is 0 Å². The Bertz CT molecular complexity index is 728. The van der Waals surface area contributed by atoms with Crippen molar-refractivity contribution in [2.24, 2.45) is 0 Å². The molecule has 3 rings (SSSR count). The van der Waals surface area contributed by atoms with Gasteiger partial charge in [-0.3, -0.25) is 10.1 Å². The molecule has 0 fully saturated rings. The minimum atomic E-state index is -0.365. The van der Waals surface area contributed by atoms with Crippen molar-refractivity contribution in [3.63, 3.8) is 0 Å². The lowest BCUT2D eigenvalue weighted by Crippen LogP contribution is -2.05. The first-order valence-corrected chi connectivity index (χ1v) is 7.57. The Labute approximate surface area is 135 Å². The Balaban J connectivity index is 1.92. The molecular formula is C20H17NO2. The molecule has 0 saturated heterocycles. The van der Waals surface area contributed by atoms with Gasteiger partial charge in [-0.05, 0) is 23.1 Å². The Morgan fingerprint density at radius 1 is 0.739 bits per heavy atom. The van der Waals surface area contributed by atoms with Gasteiger partial charge in [0.25, 0.3) is 5.69 Å². The van der Waals surface area contributed by atoms with Crippen LogP contribution in [0.2, 0.25) is 0 Å². The minimum absolute atomic E-state index is 0.129. The second kappa shape index (κ2) is 6.88. The minimum Gasteiger partial charge on any atom is -0.258 e. The van der Waals surface area contributed by atoms with Crippen LogP contribution in [0.4, 0.5) is 5.69 Å². The average molecular weight is 303 g/mol. The molecule has 23 heavy (non-hydrogen) atoms. The Kier molecular flexibility index (Phi) is 4.48. The molecule has 3 aromatic carbocycles. The van der Waals surface area contributed by atoms with E-state index in [9.17, 15) is 10.1 Å². The van der Waals surface area contributed by atoms with Gasteiger partial charge >= 0.3 is 0 Å². The molecule has 0 radical (unpaired) electrons. The first kappa shape index (κ1) is 15.0. The van der Waals surface area contributed by atoms with Crippen LogP contribution >= 0.6 is 0 Å². The van der Waals surface area contributed by atoms with Crippen LogP contribution in [0.15, 0.2) is 84.9 Å². The molecule has 0 aliphatic carbocycles. The van der Waals surface area contributed by atoms with Crippen LogP contribution in [0, 0.1) is 10.1 Å². The van der Waals surface area contributed by atoms with Crippen molar-refractivity contribution in [3.05, 3.63) is 112 Å². The van der Waals surface area contributed by atoms with Gasteiger partial charge in [0.05, 0.1) is 4.92 Å². The Morgan fingerprint density at radius 3 is 1.65 bits per heavy atom. The van der Waals surface area contributed by atoms with Crippen LogP contribution in [0.5, 0.6) is 0 Å². The molecule has 3 aromatic rings. The number of hydrogen-bond acceptors (Lipinski definition) is 2. The summed E-state index contributed by atoms with van der Waals surface area (Å²) in [5, 5.41) is 10.8. The van der Waals surface area contributed by atoms with Gasteiger partial charge in [-0.15, -0.1) is 0 Å². The lowest BCUT2D eigenvalue weighted by molar-refractivity contribution is -0.384. The first-order chi connectivity index (χ1) is 11.2. The summed E-state index contributed by atoms with van der Waals surface area (Å²) in [5.74, 6) is 0.235. The van der Waals surface area contributed by atoms with Gasteiger partial charge in [0.15, 0.2) is 0 Å². The third kappa shape index (κ3) is 3.64. The average Bonchev–Trinajstić information content (AvgIpc) is 2.61. The normalized spacial score (nSPS) is 10.7. The summed E-state index contributed by atoms with van der Waals surface area (Å²) < 4.78 is 0. The summed E-state index contributed by atoms with van der Waals surface area (Å²) in [4.78, 5) is 10.4. The van der Waals surface area contributed by atoms with Crippen molar-refractivity contribution in [3.8, 4) is 0 Å². The van der Waals surface area contributed by atoms with Gasteiger partial charge in [-0.25, -0.2) is 0 Å². The highest BCUT2D eigenvalue weighted by atomic mass is 16.6. The molecule has 0 aliphatic rings. The zero-order valence-corrected chi connectivity index (χ0v) is 12.6. The van der Waals surface area contributed by atoms with Crippen molar-refractivity contribution in [2.45, 2.75) is 12.3 Å². The number of benzene rings is 3. The smallest absolute Gasteiger partial charge is 0.258 e. The van der Waals surface area contributed by atoms with E-state index in [1.807, 2.05) is 48.5 Å². The van der Waals surface area contributed by atoms with Crippen LogP contribution < -0.4 is 0 Å². The lowest BCUT2D eigenvalue weighted by atomic mass is 9.86. The van der Waals surface area contributed by atoms with Crippen LogP contribution in [0.1, 0.15) is 22.6 Å². The van der Waals surface area contributed by atoms with E-state index >= 15 is 0 Å². The van der Waals surface area contributed by atoms with E-state index in [-0.39, 0.29) is 16.5 Å². The molecule has 0 saturated carbocycles. The van der Waals surface area contributed by atoms with Crippen LogP contribution in [-0.4, -0.2) is 4.92 Å². The molecule has 3 heteroatoms. The quantitative estimate of drug-likeness (QED) is 0.493. The molecular weight excluding hydrogens is 286 g/mol. The largest absolute Gasteiger partial charge is 0.269 e. The molecule has 114 valence electrons. The molecule has 0 aromatic heterocycles. The van der Waals surface area contributed by atoms with Gasteiger partial charge in [0.1, 0.15) is 0 Å². The Morgan fingerprint density at radius 2 is 1.22 bits per heavy atom. The SMILES string of the molecule is O=[N+]([O-])c1ccc(CC(c2ccccc2)c2ccccc2)cc1. The summed E-state index contributed by atoms with van der Waals surface area (Å²) >= 11 is 0. The number of rotatable bonds is 5. The van der Waals surface area contributed by atoms with Crippen molar-refractivity contribution < 1.29 is 4.92 Å². The number of non-ortho nitro benzene ring substituents is 1. The molecule has 0 heterocycles. The highest BCUT2D eigenvalue weighted by Gasteiger charge is 2.15. The van der Waals surface area contributed by atoms with Gasteiger partial charge in [0, 0.05) is 18.1 Å². The fraction of sp³-hybridized carbons (Fsp3) is 0.100. The Hall–Kier alpha value is -2.94. The fourth-order valence-corrected chi connectivity index (χ4v) is 2.79. The van der Waals surface area contributed by atoms with Crippen LogP contribution in [0.3, 0.4) is 0 Å². The van der Waals surface area contributed by atoms with Crippen LogP contribution in [0.25, 0.3) is 0 Å². The second-order valence-electron chi connectivity index (χ2n) is 5.50. The molecule has 0 aliphatic heterocycles. The molecule has 0 N–H and O–H groups in total. The van der Waals surface area contributed by atoms with Crippen molar-refractivity contribution in [2.75, 3.05) is 0 Å². The molecule has 0 bridgehead atoms. The third-order valence-corrected chi connectivity index (χ3v) is 3.99. The zero-order chi connectivity index (χ0) is 16.1. The first-order valence-electron chi connectivity index (χ1n) is 7.57. The summed E-state index contributed by atoms with van der Waals surface area (Å²) in [7, 11) is 0. The maximum Gasteiger partial charge on any atom is 0.269 e. The molecule has 0 atom stereocenters. The topological polar surface area (TPSA) is 43.1 Å². The molecule has 3 nitrogen and oxygen atoms in total. The van der Waals surface area contributed by atoms with Gasteiger partial charge in [0.2, 0.25) is 0 Å². The molecule has 0 spiro atoms. The highest BCUT2D eigenvalue weighted by Crippen LogP contribution is 2.29. The van der Waals surface area contributed by atoms with Crippen molar-refractivity contribution in [1.29, 1.82) is 0 Å². The maximum absolute atomic E-state index is 10.8. The predicted molar refractivity (Wildman–Crippen MR) is 91.5 cm³/mol. The summed E-state index contributed by atoms with van der Waals surface area (Å²) in [6.07, 6.45) is 0.812. The maximum atomic E-state index is 10.8. The number of nitro benzene ring substituents is 1. The van der Waals surface area contributed by atoms with Gasteiger partial charge in [-0.1, -0.05) is 72.8 Å². The highest BCUT2D eigenvalue weighted by molar-refractivity contribution is 5.38. The van der Waals surface area contributed by atoms with E-state index in [1.165, 1.54) is 11.1 Å². The fourth-order valence-electron chi connectivity index (χ4n) is 2.79. The summed E-state index contributed by atoms with van der Waals surface area (Å²) in [6.45, 7) is 0. The van der Waals surface area contributed by atoms with E-state index in [0.29, 0.717) is 0 Å². The monoisotopic (exact) mass is 303 g/mol. The van der Waals surface area contributed by atoms with Crippen molar-refractivity contribution >= 4 is 5.69 Å². The van der Waals surface area contributed by atoms with Gasteiger partial charge < -0.3 is 0 Å².